The van der Waals surface area contributed by atoms with Crippen molar-refractivity contribution in [3.05, 3.63) is 24.3 Å². The van der Waals surface area contributed by atoms with E-state index in [1.165, 1.54) is 19.3 Å². The van der Waals surface area contributed by atoms with Crippen molar-refractivity contribution in [2.45, 2.75) is 44.6 Å². The molecule has 0 spiro atoms. The van der Waals surface area contributed by atoms with Crippen LogP contribution in [0.4, 0.5) is 5.69 Å². The monoisotopic (exact) mass is 354 g/mol. The molecule has 5 heteroatoms. The van der Waals surface area contributed by atoms with Crippen LogP contribution in [0, 0.1) is 23.2 Å². The van der Waals surface area contributed by atoms with Crippen molar-refractivity contribution in [1.29, 1.82) is 0 Å². The van der Waals surface area contributed by atoms with E-state index in [-0.39, 0.29) is 5.41 Å². The number of nitrogens with two attached hydrogens (primary N) is 1. The molecule has 4 aliphatic carbocycles. The van der Waals surface area contributed by atoms with Crippen molar-refractivity contribution in [3.8, 4) is 5.75 Å². The van der Waals surface area contributed by atoms with E-state index in [4.69, 9.17) is 10.5 Å². The maximum atomic E-state index is 13.5. The van der Waals surface area contributed by atoms with Crippen LogP contribution < -0.4 is 15.4 Å². The van der Waals surface area contributed by atoms with Crippen LogP contribution in [0.15, 0.2) is 24.3 Å². The van der Waals surface area contributed by atoms with E-state index in [1.54, 1.807) is 0 Å². The zero-order valence-electron chi connectivity index (χ0n) is 15.0. The Morgan fingerprint density at radius 2 is 1.69 bits per heavy atom. The van der Waals surface area contributed by atoms with E-state index in [0.29, 0.717) is 24.6 Å². The number of hydrogen-bond donors (Lipinski definition) is 1. The largest absolute Gasteiger partial charge is 0.477 e. The molecule has 1 aliphatic heterocycles. The fourth-order valence-corrected chi connectivity index (χ4v) is 6.40. The Labute approximate surface area is 153 Å². The molecule has 5 nitrogen and oxygen atoms in total. The molecule has 0 radical (unpaired) electrons. The third-order valence-electron chi connectivity index (χ3n) is 7.14. The highest BCUT2D eigenvalue weighted by Crippen LogP contribution is 2.60. The molecular formula is C21H26N2O3. The van der Waals surface area contributed by atoms with Gasteiger partial charge >= 0.3 is 0 Å². The second-order valence-electron chi connectivity index (χ2n) is 8.98. The number of carbonyl (C=O) groups excluding carboxylic acids is 2. The van der Waals surface area contributed by atoms with Crippen molar-refractivity contribution in [2.75, 3.05) is 18.0 Å². The lowest BCUT2D eigenvalue weighted by Gasteiger charge is -2.56. The topological polar surface area (TPSA) is 72.6 Å². The van der Waals surface area contributed by atoms with E-state index < -0.39 is 12.0 Å². The Morgan fingerprint density at radius 1 is 1.08 bits per heavy atom. The number of ether oxygens (including phenoxy) is 1. The Kier molecular flexibility index (Phi) is 3.56. The molecule has 1 amide bonds. The first-order chi connectivity index (χ1) is 12.5. The molecule has 0 saturated heterocycles. The van der Waals surface area contributed by atoms with Gasteiger partial charge in [-0.25, -0.2) is 0 Å². The van der Waals surface area contributed by atoms with E-state index in [0.717, 1.165) is 42.7 Å². The Balaban J connectivity index is 1.40. The van der Waals surface area contributed by atoms with Crippen molar-refractivity contribution in [3.63, 3.8) is 0 Å². The average Bonchev–Trinajstić information content (AvgIpc) is 2.60. The van der Waals surface area contributed by atoms with Crippen molar-refractivity contribution in [2.24, 2.45) is 28.9 Å². The summed E-state index contributed by atoms with van der Waals surface area (Å²) in [7, 11) is 0. The highest BCUT2D eigenvalue weighted by molar-refractivity contribution is 5.91. The van der Waals surface area contributed by atoms with Gasteiger partial charge in [-0.05, 0) is 68.4 Å². The number of benzene rings is 1. The Bertz CT molecular complexity index is 724. The summed E-state index contributed by atoms with van der Waals surface area (Å²) in [6.07, 6.45) is 6.51. The number of rotatable bonds is 4. The standard InChI is InChI=1S/C21H26N2O3/c22-20(25)18-11-23(16-3-1-2-4-17(16)26-18)12-19(24)21-8-13-5-14(9-21)7-15(6-13)10-21/h1-4,13-15,18H,5-12H2,(H2,22,25)/t13?,14?,15?,18-,21?/m0/s1. The fraction of sp³-hybridized carbons (Fsp3) is 0.619. The summed E-state index contributed by atoms with van der Waals surface area (Å²) in [6.45, 7) is 0.709. The maximum absolute atomic E-state index is 13.5. The number of amides is 1. The van der Waals surface area contributed by atoms with Crippen molar-refractivity contribution >= 4 is 17.4 Å². The molecule has 5 aliphatic rings. The van der Waals surface area contributed by atoms with Gasteiger partial charge < -0.3 is 15.4 Å². The molecule has 1 aromatic carbocycles. The predicted octanol–water partition coefficient (Wildman–Crippen LogP) is 2.52. The van der Waals surface area contributed by atoms with Gasteiger partial charge in [0, 0.05) is 5.41 Å². The summed E-state index contributed by atoms with van der Waals surface area (Å²) < 4.78 is 5.73. The summed E-state index contributed by atoms with van der Waals surface area (Å²) in [4.78, 5) is 27.2. The van der Waals surface area contributed by atoms with Gasteiger partial charge in [-0.2, -0.15) is 0 Å². The lowest BCUT2D eigenvalue weighted by molar-refractivity contribution is -0.142. The number of fused-ring (bicyclic) bond motifs is 1. The molecule has 4 saturated carbocycles. The molecule has 4 bridgehead atoms. The first-order valence-electron chi connectivity index (χ1n) is 9.86. The molecule has 4 fully saturated rings. The minimum atomic E-state index is -0.700. The van der Waals surface area contributed by atoms with E-state index in [2.05, 4.69) is 0 Å². The SMILES string of the molecule is NC(=O)[C@@H]1CN(CC(=O)C23CC4CC(CC(C4)C2)C3)c2ccccc2O1. The molecule has 26 heavy (non-hydrogen) atoms. The van der Waals surface area contributed by atoms with E-state index >= 15 is 0 Å². The number of anilines is 1. The normalized spacial score (nSPS) is 37.2. The van der Waals surface area contributed by atoms with Crippen LogP contribution in [-0.4, -0.2) is 30.9 Å². The van der Waals surface area contributed by atoms with Gasteiger partial charge in [-0.3, -0.25) is 9.59 Å². The third kappa shape index (κ3) is 2.51. The molecule has 0 aromatic heterocycles. The smallest absolute Gasteiger partial charge is 0.260 e. The maximum Gasteiger partial charge on any atom is 0.260 e. The number of carbonyl (C=O) groups is 2. The number of ketones is 1. The average molecular weight is 354 g/mol. The van der Waals surface area contributed by atoms with Crippen LogP contribution in [0.3, 0.4) is 0 Å². The quantitative estimate of drug-likeness (QED) is 0.902. The highest BCUT2D eigenvalue weighted by atomic mass is 16.5. The van der Waals surface area contributed by atoms with Gasteiger partial charge in [0.1, 0.15) is 5.75 Å². The summed E-state index contributed by atoms with van der Waals surface area (Å²) in [5.41, 5.74) is 6.26. The van der Waals surface area contributed by atoms with Crippen LogP contribution >= 0.6 is 0 Å². The van der Waals surface area contributed by atoms with Gasteiger partial charge in [0.05, 0.1) is 18.8 Å². The van der Waals surface area contributed by atoms with Crippen molar-refractivity contribution < 1.29 is 14.3 Å². The zero-order chi connectivity index (χ0) is 17.9. The van der Waals surface area contributed by atoms with Gasteiger partial charge in [0.2, 0.25) is 0 Å². The van der Waals surface area contributed by atoms with Crippen LogP contribution in [0.25, 0.3) is 0 Å². The molecule has 1 heterocycles. The number of hydrogen-bond acceptors (Lipinski definition) is 4. The zero-order valence-corrected chi connectivity index (χ0v) is 15.0. The first kappa shape index (κ1) is 16.2. The van der Waals surface area contributed by atoms with Gasteiger partial charge in [-0.1, -0.05) is 12.1 Å². The summed E-state index contributed by atoms with van der Waals surface area (Å²) in [5, 5.41) is 0. The third-order valence-corrected chi connectivity index (χ3v) is 7.14. The summed E-state index contributed by atoms with van der Waals surface area (Å²) >= 11 is 0. The van der Waals surface area contributed by atoms with Crippen LogP contribution in [0.2, 0.25) is 0 Å². The van der Waals surface area contributed by atoms with Crippen LogP contribution in [0.5, 0.6) is 5.75 Å². The molecule has 1 atom stereocenters. The number of Topliss-reactive ketones (excluding diaryl/α,β-unsaturated/α-hetero) is 1. The summed E-state index contributed by atoms with van der Waals surface area (Å²) in [6, 6.07) is 7.61. The predicted molar refractivity (Wildman–Crippen MR) is 97.9 cm³/mol. The Hall–Kier alpha value is -2.04. The lowest BCUT2D eigenvalue weighted by Crippen LogP contribution is -2.54. The fourth-order valence-electron chi connectivity index (χ4n) is 6.40. The first-order valence-corrected chi connectivity index (χ1v) is 9.86. The number of para-hydroxylation sites is 2. The van der Waals surface area contributed by atoms with Crippen molar-refractivity contribution in [1.82, 2.24) is 0 Å². The molecule has 0 unspecified atom stereocenters. The second-order valence-corrected chi connectivity index (χ2v) is 8.98. The Morgan fingerprint density at radius 3 is 2.31 bits per heavy atom. The van der Waals surface area contributed by atoms with E-state index in [9.17, 15) is 9.59 Å². The van der Waals surface area contributed by atoms with Gasteiger partial charge in [-0.15, -0.1) is 0 Å². The molecule has 6 rings (SSSR count). The molecule has 2 N–H and O–H groups in total. The van der Waals surface area contributed by atoms with Crippen LogP contribution in [-0.2, 0) is 9.59 Å². The number of nitrogens with zero attached hydrogens (tertiary/aromatic N) is 1. The number of primary amides is 1. The van der Waals surface area contributed by atoms with E-state index in [1.807, 2.05) is 29.2 Å². The molecular weight excluding hydrogens is 328 g/mol. The molecule has 138 valence electrons. The minimum absolute atomic E-state index is 0.121. The highest BCUT2D eigenvalue weighted by Gasteiger charge is 2.54. The van der Waals surface area contributed by atoms with Crippen LogP contribution in [0.1, 0.15) is 38.5 Å². The second kappa shape index (κ2) is 5.73. The molecule has 1 aromatic rings. The van der Waals surface area contributed by atoms with Gasteiger partial charge in [0.15, 0.2) is 11.9 Å². The minimum Gasteiger partial charge on any atom is -0.477 e. The van der Waals surface area contributed by atoms with Gasteiger partial charge in [0.25, 0.3) is 5.91 Å². The lowest BCUT2D eigenvalue weighted by atomic mass is 9.48. The summed E-state index contributed by atoms with van der Waals surface area (Å²) in [5.74, 6) is 2.77.